The Morgan fingerprint density at radius 1 is 1.16 bits per heavy atom. The van der Waals surface area contributed by atoms with E-state index in [0.717, 1.165) is 24.0 Å². The zero-order valence-corrected chi connectivity index (χ0v) is 17.6. The van der Waals surface area contributed by atoms with Gasteiger partial charge < -0.3 is 14.4 Å². The lowest BCUT2D eigenvalue weighted by atomic mass is 9.96. The predicted octanol–water partition coefficient (Wildman–Crippen LogP) is 3.19. The number of hydrogen-bond donors (Lipinski definition) is 0. The molecule has 1 saturated heterocycles. The molecule has 2 aromatic carbocycles. The van der Waals surface area contributed by atoms with Crippen LogP contribution < -0.4 is 9.64 Å². The summed E-state index contributed by atoms with van der Waals surface area (Å²) in [4.78, 5) is 43.1. The smallest absolute Gasteiger partial charge is 0.354 e. The lowest BCUT2D eigenvalue weighted by Gasteiger charge is -2.48. The van der Waals surface area contributed by atoms with E-state index < -0.39 is 11.6 Å². The van der Waals surface area contributed by atoms with Crippen LogP contribution in [0.4, 0.5) is 5.69 Å². The van der Waals surface area contributed by atoms with Crippen molar-refractivity contribution in [2.45, 2.75) is 50.9 Å². The molecule has 0 radical (unpaired) electrons. The first-order chi connectivity index (χ1) is 15.0. The van der Waals surface area contributed by atoms with Gasteiger partial charge in [0.2, 0.25) is 11.6 Å². The number of ether oxygens (including phenoxy) is 2. The van der Waals surface area contributed by atoms with Gasteiger partial charge in [0.1, 0.15) is 12.4 Å². The molecule has 2 fully saturated rings. The van der Waals surface area contributed by atoms with Crippen molar-refractivity contribution in [2.24, 2.45) is 0 Å². The van der Waals surface area contributed by atoms with Crippen molar-refractivity contribution in [3.63, 3.8) is 0 Å². The van der Waals surface area contributed by atoms with Crippen LogP contribution in [0.1, 0.15) is 47.2 Å². The van der Waals surface area contributed by atoms with Crippen molar-refractivity contribution in [1.29, 1.82) is 0 Å². The van der Waals surface area contributed by atoms with Crippen LogP contribution in [-0.4, -0.2) is 41.5 Å². The van der Waals surface area contributed by atoms with Crippen molar-refractivity contribution in [3.8, 4) is 5.75 Å². The highest BCUT2D eigenvalue weighted by atomic mass is 16.5. The third-order valence-corrected chi connectivity index (χ3v) is 6.33. The summed E-state index contributed by atoms with van der Waals surface area (Å²) in [5, 5.41) is 0. The Balaban J connectivity index is 1.54. The fourth-order valence-electron chi connectivity index (χ4n) is 4.79. The number of anilines is 1. The monoisotopic (exact) mass is 420 g/mol. The maximum atomic E-state index is 13.7. The highest BCUT2D eigenvalue weighted by molar-refractivity contribution is 6.15. The van der Waals surface area contributed by atoms with Gasteiger partial charge in [-0.1, -0.05) is 23.8 Å². The number of hydrogen-bond acceptors (Lipinski definition) is 5. The molecule has 0 N–H and O–H groups in total. The van der Waals surface area contributed by atoms with E-state index in [1.165, 1.54) is 4.90 Å². The van der Waals surface area contributed by atoms with E-state index in [4.69, 9.17) is 9.47 Å². The van der Waals surface area contributed by atoms with Gasteiger partial charge in [-0.2, -0.15) is 0 Å². The molecule has 0 aromatic heterocycles. The largest absolute Gasteiger partial charge is 0.496 e. The summed E-state index contributed by atoms with van der Waals surface area (Å²) in [6.45, 7) is 1.95. The first kappa shape index (κ1) is 19.6. The Morgan fingerprint density at radius 2 is 1.94 bits per heavy atom. The number of esters is 1. The average molecular weight is 420 g/mol. The van der Waals surface area contributed by atoms with E-state index in [2.05, 4.69) is 0 Å². The van der Waals surface area contributed by atoms with Crippen LogP contribution in [0.2, 0.25) is 0 Å². The van der Waals surface area contributed by atoms with E-state index in [0.29, 0.717) is 17.0 Å². The fourth-order valence-corrected chi connectivity index (χ4v) is 4.79. The summed E-state index contributed by atoms with van der Waals surface area (Å²) in [6, 6.07) is 12.6. The zero-order chi connectivity index (χ0) is 21.8. The first-order valence-electron chi connectivity index (χ1n) is 10.5. The number of rotatable bonds is 5. The average Bonchev–Trinajstić information content (AvgIpc) is 3.54. The summed E-state index contributed by atoms with van der Waals surface area (Å²) in [6.07, 6.45) is 2.05. The molecule has 3 aliphatic rings. The number of methoxy groups -OCH3 is 1. The Kier molecular flexibility index (Phi) is 4.50. The number of aryl methyl sites for hydroxylation is 1. The van der Waals surface area contributed by atoms with Crippen LogP contribution in [0.3, 0.4) is 0 Å². The molecule has 0 bridgehead atoms. The van der Waals surface area contributed by atoms with Gasteiger partial charge in [-0.25, -0.2) is 4.79 Å². The second-order valence-electron chi connectivity index (χ2n) is 8.36. The minimum Gasteiger partial charge on any atom is -0.496 e. The minimum atomic E-state index is -1.43. The van der Waals surface area contributed by atoms with Crippen molar-refractivity contribution in [3.05, 3.63) is 59.2 Å². The molecular formula is C24H24N2O5. The van der Waals surface area contributed by atoms with E-state index >= 15 is 0 Å². The Bertz CT molecular complexity index is 1090. The number of amides is 2. The van der Waals surface area contributed by atoms with Gasteiger partial charge >= 0.3 is 5.97 Å². The van der Waals surface area contributed by atoms with Gasteiger partial charge in [-0.3, -0.25) is 14.5 Å². The molecule has 2 aromatic rings. The maximum Gasteiger partial charge on any atom is 0.354 e. The first-order valence-corrected chi connectivity index (χ1v) is 10.5. The number of para-hydroxylation sites is 1. The number of nitrogens with zero attached hydrogens (tertiary/aromatic N) is 2. The van der Waals surface area contributed by atoms with E-state index in [-0.39, 0.29) is 37.3 Å². The van der Waals surface area contributed by atoms with Crippen molar-refractivity contribution >= 4 is 23.5 Å². The Hall–Kier alpha value is -3.35. The highest BCUT2D eigenvalue weighted by Crippen LogP contribution is 2.49. The van der Waals surface area contributed by atoms with Gasteiger partial charge in [-0.05, 0) is 44.0 Å². The SMILES string of the molecule is COc1ccc(C)cc1COC(=O)[C@]12CCC(=O)N1c1ccccc1C(=O)N2C1CC1. The zero-order valence-electron chi connectivity index (χ0n) is 17.6. The van der Waals surface area contributed by atoms with Crippen molar-refractivity contribution in [2.75, 3.05) is 12.0 Å². The topological polar surface area (TPSA) is 76.1 Å². The van der Waals surface area contributed by atoms with E-state index in [9.17, 15) is 14.4 Å². The molecule has 1 atom stereocenters. The standard InChI is InChI=1S/C24H24N2O5/c1-15-7-10-20(30-2)16(13-15)14-31-23(29)24-12-11-21(27)26(24)19-6-4-3-5-18(19)22(28)25(24)17-8-9-17/h3-7,10,13,17H,8-9,11-12,14H2,1-2H3/t24-/m0/s1. The molecule has 31 heavy (non-hydrogen) atoms. The van der Waals surface area contributed by atoms with E-state index in [1.54, 1.807) is 36.3 Å². The van der Waals surface area contributed by atoms with Gasteiger partial charge in [-0.15, -0.1) is 0 Å². The van der Waals surface area contributed by atoms with E-state index in [1.807, 2.05) is 25.1 Å². The molecule has 1 saturated carbocycles. The van der Waals surface area contributed by atoms with Crippen molar-refractivity contribution in [1.82, 2.24) is 4.90 Å². The molecule has 160 valence electrons. The van der Waals surface area contributed by atoms with Crippen LogP contribution in [0, 0.1) is 6.92 Å². The van der Waals surface area contributed by atoms with Gasteiger partial charge in [0.25, 0.3) is 5.91 Å². The van der Waals surface area contributed by atoms with Gasteiger partial charge in [0.15, 0.2) is 0 Å². The summed E-state index contributed by atoms with van der Waals surface area (Å²) >= 11 is 0. The molecule has 2 amide bonds. The molecule has 7 heteroatoms. The van der Waals surface area contributed by atoms with Crippen LogP contribution >= 0.6 is 0 Å². The molecule has 5 rings (SSSR count). The van der Waals surface area contributed by atoms with Crippen LogP contribution in [0.5, 0.6) is 5.75 Å². The quantitative estimate of drug-likeness (QED) is 0.695. The molecule has 7 nitrogen and oxygen atoms in total. The maximum absolute atomic E-state index is 13.7. The summed E-state index contributed by atoms with van der Waals surface area (Å²) < 4.78 is 11.2. The lowest BCUT2D eigenvalue weighted by Crippen LogP contribution is -2.69. The molecule has 0 unspecified atom stereocenters. The third-order valence-electron chi connectivity index (χ3n) is 6.33. The Labute approximate surface area is 180 Å². The highest BCUT2D eigenvalue weighted by Gasteiger charge is 2.64. The minimum absolute atomic E-state index is 0.00180. The van der Waals surface area contributed by atoms with Crippen LogP contribution in [0.25, 0.3) is 0 Å². The van der Waals surface area contributed by atoms with Gasteiger partial charge in [0, 0.05) is 24.4 Å². The molecule has 2 aliphatic heterocycles. The fraction of sp³-hybridized carbons (Fsp3) is 0.375. The number of fused-ring (bicyclic) bond motifs is 3. The summed E-state index contributed by atoms with van der Waals surface area (Å²) in [5.74, 6) is -0.333. The summed E-state index contributed by atoms with van der Waals surface area (Å²) in [7, 11) is 1.57. The molecule has 2 heterocycles. The second kappa shape index (κ2) is 7.11. The number of carbonyl (C=O) groups is 3. The number of carbonyl (C=O) groups excluding carboxylic acids is 3. The third kappa shape index (κ3) is 2.91. The normalized spacial score (nSPS) is 22.3. The molecular weight excluding hydrogens is 396 g/mol. The molecule has 1 aliphatic carbocycles. The molecule has 0 spiro atoms. The number of benzene rings is 2. The van der Waals surface area contributed by atoms with Gasteiger partial charge in [0.05, 0.1) is 18.4 Å². The van der Waals surface area contributed by atoms with Crippen LogP contribution in [-0.2, 0) is 20.9 Å². The van der Waals surface area contributed by atoms with Crippen LogP contribution in [0.15, 0.2) is 42.5 Å². The predicted molar refractivity (Wildman–Crippen MR) is 113 cm³/mol. The summed E-state index contributed by atoms with van der Waals surface area (Å²) in [5.41, 5.74) is 1.26. The van der Waals surface area contributed by atoms with Crippen molar-refractivity contribution < 1.29 is 23.9 Å². The second-order valence-corrected chi connectivity index (χ2v) is 8.36. The lowest BCUT2D eigenvalue weighted by molar-refractivity contribution is -0.159. The Morgan fingerprint density at radius 3 is 2.68 bits per heavy atom.